The zero-order valence-corrected chi connectivity index (χ0v) is 13.3. The van der Waals surface area contributed by atoms with Crippen LogP contribution in [0.25, 0.3) is 22.3 Å². The maximum absolute atomic E-state index is 6.17. The Kier molecular flexibility index (Phi) is 3.80. The second-order valence-electron chi connectivity index (χ2n) is 5.18. The minimum atomic E-state index is 0.377. The summed E-state index contributed by atoms with van der Waals surface area (Å²) in [4.78, 5) is 20.5. The standard InChI is InChI=1S/C17H13ClN6/c18-15-8-14(13-10-21-16-12(13)5-3-7-20-16)23-17(24-15)22-9-11-4-1-2-6-19-11/h1-8,10H,9H2,(H,20,21)(H,22,23,24). The molecule has 2 N–H and O–H groups in total. The Hall–Kier alpha value is -2.99. The van der Waals surface area contributed by atoms with E-state index in [2.05, 4.69) is 30.2 Å². The van der Waals surface area contributed by atoms with Crippen LogP contribution in [0.1, 0.15) is 5.69 Å². The first-order valence-corrected chi connectivity index (χ1v) is 7.78. The number of halogens is 1. The van der Waals surface area contributed by atoms with Crippen molar-refractivity contribution in [3.05, 3.63) is 65.8 Å². The Morgan fingerprint density at radius 2 is 1.96 bits per heavy atom. The summed E-state index contributed by atoms with van der Waals surface area (Å²) in [5.74, 6) is 0.460. The summed E-state index contributed by atoms with van der Waals surface area (Å²) in [6.07, 6.45) is 5.37. The molecule has 0 atom stereocenters. The molecule has 0 unspecified atom stereocenters. The average Bonchev–Trinajstić information content (AvgIpc) is 3.05. The van der Waals surface area contributed by atoms with E-state index in [0.717, 1.165) is 28.0 Å². The van der Waals surface area contributed by atoms with Gasteiger partial charge < -0.3 is 10.3 Å². The van der Waals surface area contributed by atoms with Crippen LogP contribution in [0.3, 0.4) is 0 Å². The van der Waals surface area contributed by atoms with Crippen LogP contribution < -0.4 is 5.32 Å². The van der Waals surface area contributed by atoms with Gasteiger partial charge in [0.05, 0.1) is 17.9 Å². The second kappa shape index (κ2) is 6.25. The predicted molar refractivity (Wildman–Crippen MR) is 93.7 cm³/mol. The van der Waals surface area contributed by atoms with E-state index in [1.807, 2.05) is 36.5 Å². The van der Waals surface area contributed by atoms with Crippen molar-refractivity contribution >= 4 is 28.6 Å². The molecule has 0 bridgehead atoms. The average molecular weight is 337 g/mol. The van der Waals surface area contributed by atoms with Gasteiger partial charge in [0.25, 0.3) is 0 Å². The maximum atomic E-state index is 6.17. The summed E-state index contributed by atoms with van der Waals surface area (Å²) in [5.41, 5.74) is 3.38. The molecule has 4 aromatic rings. The maximum Gasteiger partial charge on any atom is 0.224 e. The van der Waals surface area contributed by atoms with E-state index in [0.29, 0.717) is 17.6 Å². The number of anilines is 1. The summed E-state index contributed by atoms with van der Waals surface area (Å²) < 4.78 is 0. The molecule has 0 saturated heterocycles. The van der Waals surface area contributed by atoms with Crippen molar-refractivity contribution in [2.45, 2.75) is 6.54 Å². The molecule has 0 amide bonds. The fourth-order valence-electron chi connectivity index (χ4n) is 2.47. The number of pyridine rings is 2. The third-order valence-corrected chi connectivity index (χ3v) is 3.77. The third-order valence-electron chi connectivity index (χ3n) is 3.58. The normalized spacial score (nSPS) is 10.9. The van der Waals surface area contributed by atoms with Crippen LogP contribution in [0.5, 0.6) is 0 Å². The zero-order valence-electron chi connectivity index (χ0n) is 12.6. The van der Waals surface area contributed by atoms with E-state index in [1.54, 1.807) is 18.5 Å². The number of H-pyrrole nitrogens is 1. The lowest BCUT2D eigenvalue weighted by Crippen LogP contribution is -2.05. The van der Waals surface area contributed by atoms with Gasteiger partial charge in [0.15, 0.2) is 0 Å². The highest BCUT2D eigenvalue weighted by atomic mass is 35.5. The fourth-order valence-corrected chi connectivity index (χ4v) is 2.66. The molecule has 6 nitrogen and oxygen atoms in total. The monoisotopic (exact) mass is 336 g/mol. The number of aromatic amines is 1. The molecule has 0 aliphatic heterocycles. The van der Waals surface area contributed by atoms with Crippen molar-refractivity contribution in [1.29, 1.82) is 0 Å². The van der Waals surface area contributed by atoms with Crippen molar-refractivity contribution in [2.75, 3.05) is 5.32 Å². The summed E-state index contributed by atoms with van der Waals surface area (Å²) >= 11 is 6.17. The molecule has 0 aromatic carbocycles. The lowest BCUT2D eigenvalue weighted by molar-refractivity contribution is 1.00. The van der Waals surface area contributed by atoms with Crippen LogP contribution >= 0.6 is 11.6 Å². The number of rotatable bonds is 4. The summed E-state index contributed by atoms with van der Waals surface area (Å²) in [7, 11) is 0. The van der Waals surface area contributed by atoms with Crippen LogP contribution in [-0.2, 0) is 6.54 Å². The van der Waals surface area contributed by atoms with E-state index >= 15 is 0 Å². The predicted octanol–water partition coefficient (Wildman–Crippen LogP) is 3.68. The molecule has 118 valence electrons. The first-order chi connectivity index (χ1) is 11.8. The molecule has 24 heavy (non-hydrogen) atoms. The van der Waals surface area contributed by atoms with Crippen molar-refractivity contribution in [3.63, 3.8) is 0 Å². The van der Waals surface area contributed by atoms with Gasteiger partial charge in [-0.15, -0.1) is 0 Å². The number of hydrogen-bond acceptors (Lipinski definition) is 5. The van der Waals surface area contributed by atoms with Crippen LogP contribution in [0.15, 0.2) is 55.0 Å². The largest absolute Gasteiger partial charge is 0.349 e. The van der Waals surface area contributed by atoms with Gasteiger partial charge in [-0.2, -0.15) is 0 Å². The van der Waals surface area contributed by atoms with Crippen molar-refractivity contribution in [3.8, 4) is 11.3 Å². The smallest absolute Gasteiger partial charge is 0.224 e. The molecule has 0 aliphatic rings. The van der Waals surface area contributed by atoms with Gasteiger partial charge in [0, 0.05) is 35.6 Å². The van der Waals surface area contributed by atoms with Gasteiger partial charge in [-0.3, -0.25) is 4.98 Å². The summed E-state index contributed by atoms with van der Waals surface area (Å²) in [5, 5.41) is 4.52. The van der Waals surface area contributed by atoms with E-state index in [-0.39, 0.29) is 0 Å². The van der Waals surface area contributed by atoms with Gasteiger partial charge in [0.2, 0.25) is 5.95 Å². The molecule has 0 radical (unpaired) electrons. The van der Waals surface area contributed by atoms with Gasteiger partial charge in [-0.1, -0.05) is 17.7 Å². The van der Waals surface area contributed by atoms with E-state index in [1.165, 1.54) is 0 Å². The zero-order chi connectivity index (χ0) is 16.4. The highest BCUT2D eigenvalue weighted by molar-refractivity contribution is 6.29. The number of aromatic nitrogens is 5. The Morgan fingerprint density at radius 3 is 2.83 bits per heavy atom. The third kappa shape index (κ3) is 2.91. The quantitative estimate of drug-likeness (QED) is 0.556. The van der Waals surface area contributed by atoms with Crippen LogP contribution in [0.2, 0.25) is 5.15 Å². The Labute approximate surface area is 143 Å². The molecule has 4 rings (SSSR count). The summed E-state index contributed by atoms with van der Waals surface area (Å²) in [6, 6.07) is 11.4. The molecule has 0 fully saturated rings. The highest BCUT2D eigenvalue weighted by Gasteiger charge is 2.11. The summed E-state index contributed by atoms with van der Waals surface area (Å²) in [6.45, 7) is 0.524. The lowest BCUT2D eigenvalue weighted by Gasteiger charge is -2.07. The van der Waals surface area contributed by atoms with Crippen molar-refractivity contribution < 1.29 is 0 Å². The molecular weight excluding hydrogens is 324 g/mol. The SMILES string of the molecule is Clc1cc(-c2c[nH]c3ncccc23)nc(NCc2ccccn2)n1. The topological polar surface area (TPSA) is 79.4 Å². The van der Waals surface area contributed by atoms with E-state index in [9.17, 15) is 0 Å². The molecule has 4 aromatic heterocycles. The first kappa shape index (κ1) is 14.6. The van der Waals surface area contributed by atoms with Crippen LogP contribution in [0.4, 0.5) is 5.95 Å². The van der Waals surface area contributed by atoms with Gasteiger partial charge in [0.1, 0.15) is 10.8 Å². The number of nitrogens with one attached hydrogen (secondary N) is 2. The molecule has 4 heterocycles. The number of fused-ring (bicyclic) bond motifs is 1. The first-order valence-electron chi connectivity index (χ1n) is 7.40. The number of hydrogen-bond donors (Lipinski definition) is 2. The van der Waals surface area contributed by atoms with Crippen molar-refractivity contribution in [1.82, 2.24) is 24.9 Å². The molecule has 0 spiro atoms. The Bertz CT molecular complexity index is 983. The Morgan fingerprint density at radius 1 is 1.04 bits per heavy atom. The second-order valence-corrected chi connectivity index (χ2v) is 5.56. The van der Waals surface area contributed by atoms with E-state index in [4.69, 9.17) is 11.6 Å². The Balaban J connectivity index is 1.66. The molecular formula is C17H13ClN6. The molecule has 0 saturated carbocycles. The van der Waals surface area contributed by atoms with Crippen LogP contribution in [-0.4, -0.2) is 24.9 Å². The van der Waals surface area contributed by atoms with Crippen LogP contribution in [0, 0.1) is 0 Å². The molecule has 7 heteroatoms. The van der Waals surface area contributed by atoms with Crippen molar-refractivity contribution in [2.24, 2.45) is 0 Å². The minimum absolute atomic E-state index is 0.377. The molecule has 0 aliphatic carbocycles. The van der Waals surface area contributed by atoms with Gasteiger partial charge in [-0.25, -0.2) is 15.0 Å². The minimum Gasteiger partial charge on any atom is -0.349 e. The van der Waals surface area contributed by atoms with E-state index < -0.39 is 0 Å². The van der Waals surface area contributed by atoms with Gasteiger partial charge >= 0.3 is 0 Å². The van der Waals surface area contributed by atoms with Gasteiger partial charge in [-0.05, 0) is 24.3 Å². The fraction of sp³-hybridized carbons (Fsp3) is 0.0588. The lowest BCUT2D eigenvalue weighted by atomic mass is 10.1. The highest BCUT2D eigenvalue weighted by Crippen LogP contribution is 2.28. The number of nitrogens with zero attached hydrogens (tertiary/aromatic N) is 4.